The largest absolute Gasteiger partial charge is 0.328 e. The van der Waals surface area contributed by atoms with Crippen molar-refractivity contribution in [2.45, 2.75) is 26.8 Å². The van der Waals surface area contributed by atoms with E-state index in [1.54, 1.807) is 0 Å². The van der Waals surface area contributed by atoms with Crippen LogP contribution in [0.1, 0.15) is 30.6 Å². The van der Waals surface area contributed by atoms with Gasteiger partial charge in [0.15, 0.2) is 5.78 Å². The third-order valence-electron chi connectivity index (χ3n) is 3.70. The number of carbonyl (C=O) groups excluding carboxylic acids is 1. The molecular weight excluding hydrogens is 246 g/mol. The van der Waals surface area contributed by atoms with Crippen molar-refractivity contribution in [3.05, 3.63) is 32.6 Å². The molecule has 0 aliphatic carbocycles. The quantitative estimate of drug-likeness (QED) is 0.782. The lowest BCUT2D eigenvalue weighted by Crippen LogP contribution is -2.39. The number of Topliss-reactive ketones (excluding diaryl/α,β-unsaturated/α-hetero) is 1. The first-order valence-corrected chi connectivity index (χ1v) is 6.58. The van der Waals surface area contributed by atoms with Crippen LogP contribution >= 0.6 is 0 Å². The standard InChI is InChI=1S/C13H19N3O3/c1-3-15-5-4-10(7-15)8-16-12(18)11(9(2)17)6-14-13(16)19/h6,10H,3-5,7-8H2,1-2H3,(H,14,19). The number of aromatic nitrogens is 2. The van der Waals surface area contributed by atoms with Crippen LogP contribution in [0, 0.1) is 5.92 Å². The van der Waals surface area contributed by atoms with Gasteiger partial charge < -0.3 is 9.88 Å². The van der Waals surface area contributed by atoms with Gasteiger partial charge in [0.05, 0.1) is 5.56 Å². The summed E-state index contributed by atoms with van der Waals surface area (Å²) in [5.74, 6) is -0.0300. The number of nitrogens with one attached hydrogen (secondary N) is 1. The Balaban J connectivity index is 2.26. The fourth-order valence-electron chi connectivity index (χ4n) is 2.54. The summed E-state index contributed by atoms with van der Waals surface area (Å²) in [6, 6.07) is 0. The Hall–Kier alpha value is -1.69. The van der Waals surface area contributed by atoms with E-state index in [9.17, 15) is 14.4 Å². The fraction of sp³-hybridized carbons (Fsp3) is 0.615. The maximum absolute atomic E-state index is 12.1. The molecule has 0 amide bonds. The summed E-state index contributed by atoms with van der Waals surface area (Å²) in [5, 5.41) is 0. The second-order valence-corrected chi connectivity index (χ2v) is 5.03. The van der Waals surface area contributed by atoms with Crippen LogP contribution in [-0.4, -0.2) is 39.9 Å². The van der Waals surface area contributed by atoms with E-state index in [1.165, 1.54) is 13.1 Å². The maximum Gasteiger partial charge on any atom is 0.328 e. The Morgan fingerprint density at radius 2 is 2.21 bits per heavy atom. The molecule has 2 heterocycles. The third kappa shape index (κ3) is 2.84. The van der Waals surface area contributed by atoms with Crippen molar-refractivity contribution in [3.8, 4) is 0 Å². The predicted octanol–water partition coefficient (Wildman–Crippen LogP) is 0.0810. The van der Waals surface area contributed by atoms with Crippen molar-refractivity contribution in [1.29, 1.82) is 0 Å². The average Bonchev–Trinajstić information content (AvgIpc) is 2.81. The predicted molar refractivity (Wildman–Crippen MR) is 71.5 cm³/mol. The van der Waals surface area contributed by atoms with Gasteiger partial charge in [-0.05, 0) is 32.4 Å². The molecule has 1 atom stereocenters. The fourth-order valence-corrected chi connectivity index (χ4v) is 2.54. The van der Waals surface area contributed by atoms with Crippen molar-refractivity contribution in [2.75, 3.05) is 19.6 Å². The van der Waals surface area contributed by atoms with Crippen molar-refractivity contribution in [1.82, 2.24) is 14.5 Å². The van der Waals surface area contributed by atoms with Crippen molar-refractivity contribution in [2.24, 2.45) is 5.92 Å². The van der Waals surface area contributed by atoms with E-state index in [4.69, 9.17) is 0 Å². The molecule has 0 bridgehead atoms. The van der Waals surface area contributed by atoms with Crippen LogP contribution < -0.4 is 11.2 Å². The van der Waals surface area contributed by atoms with Gasteiger partial charge in [-0.1, -0.05) is 6.92 Å². The Morgan fingerprint density at radius 3 is 2.79 bits per heavy atom. The molecule has 19 heavy (non-hydrogen) atoms. The highest BCUT2D eigenvalue weighted by molar-refractivity contribution is 5.93. The van der Waals surface area contributed by atoms with Crippen LogP contribution in [0.3, 0.4) is 0 Å². The summed E-state index contributed by atoms with van der Waals surface area (Å²) in [7, 11) is 0. The first-order valence-electron chi connectivity index (χ1n) is 6.58. The Bertz CT molecular complexity index is 588. The van der Waals surface area contributed by atoms with E-state index in [0.717, 1.165) is 30.6 Å². The molecule has 104 valence electrons. The zero-order valence-corrected chi connectivity index (χ0v) is 11.3. The highest BCUT2D eigenvalue weighted by atomic mass is 16.2. The van der Waals surface area contributed by atoms with Crippen molar-refractivity contribution in [3.63, 3.8) is 0 Å². The molecule has 2 rings (SSSR count). The van der Waals surface area contributed by atoms with Crippen LogP contribution in [-0.2, 0) is 6.54 Å². The smallest absolute Gasteiger partial charge is 0.313 e. The Kier molecular flexibility index (Phi) is 3.99. The second-order valence-electron chi connectivity index (χ2n) is 5.03. The molecule has 1 aromatic heterocycles. The number of nitrogens with zero attached hydrogens (tertiary/aromatic N) is 2. The van der Waals surface area contributed by atoms with E-state index >= 15 is 0 Å². The van der Waals surface area contributed by atoms with E-state index in [2.05, 4.69) is 16.8 Å². The molecular formula is C13H19N3O3. The lowest BCUT2D eigenvalue weighted by atomic mass is 10.1. The molecule has 6 heteroatoms. The number of carbonyl (C=O) groups is 1. The number of hydrogen-bond acceptors (Lipinski definition) is 4. The van der Waals surface area contributed by atoms with Gasteiger partial charge >= 0.3 is 5.69 Å². The molecule has 1 fully saturated rings. The second kappa shape index (κ2) is 5.52. The maximum atomic E-state index is 12.1. The molecule has 1 unspecified atom stereocenters. The highest BCUT2D eigenvalue weighted by Crippen LogP contribution is 2.16. The summed E-state index contributed by atoms with van der Waals surface area (Å²) in [6.45, 7) is 6.68. The van der Waals surface area contributed by atoms with Crippen LogP contribution in [0.4, 0.5) is 0 Å². The monoisotopic (exact) mass is 265 g/mol. The minimum absolute atomic E-state index is 0.0462. The molecule has 0 radical (unpaired) electrons. The molecule has 1 saturated heterocycles. The van der Waals surface area contributed by atoms with E-state index in [0.29, 0.717) is 12.5 Å². The molecule has 0 aromatic carbocycles. The first kappa shape index (κ1) is 13.7. The summed E-state index contributed by atoms with van der Waals surface area (Å²) >= 11 is 0. The van der Waals surface area contributed by atoms with E-state index in [1.807, 2.05) is 0 Å². The summed E-state index contributed by atoms with van der Waals surface area (Å²) in [6.07, 6.45) is 2.18. The molecule has 1 aliphatic rings. The lowest BCUT2D eigenvalue weighted by Gasteiger charge is -2.14. The van der Waals surface area contributed by atoms with Gasteiger partial charge in [-0.2, -0.15) is 0 Å². The van der Waals surface area contributed by atoms with Crippen LogP contribution in [0.5, 0.6) is 0 Å². The number of ketones is 1. The van der Waals surface area contributed by atoms with Gasteiger partial charge in [0.25, 0.3) is 5.56 Å². The van der Waals surface area contributed by atoms with Crippen LogP contribution in [0.25, 0.3) is 0 Å². The van der Waals surface area contributed by atoms with Gasteiger partial charge in [-0.15, -0.1) is 0 Å². The Labute approximate surface area is 111 Å². The minimum atomic E-state index is -0.480. The number of H-pyrrole nitrogens is 1. The lowest BCUT2D eigenvalue weighted by molar-refractivity contribution is 0.101. The number of hydrogen-bond donors (Lipinski definition) is 1. The highest BCUT2D eigenvalue weighted by Gasteiger charge is 2.23. The molecule has 1 aromatic rings. The number of aromatic amines is 1. The van der Waals surface area contributed by atoms with E-state index < -0.39 is 11.2 Å². The van der Waals surface area contributed by atoms with Crippen molar-refractivity contribution >= 4 is 5.78 Å². The molecule has 0 saturated carbocycles. The molecule has 0 spiro atoms. The molecule has 1 N–H and O–H groups in total. The zero-order chi connectivity index (χ0) is 14.0. The number of likely N-dealkylation sites (tertiary alicyclic amines) is 1. The SMILES string of the molecule is CCN1CCC(Cn2c(=O)[nH]cc(C(C)=O)c2=O)C1. The first-order chi connectivity index (χ1) is 9.02. The minimum Gasteiger partial charge on any atom is -0.313 e. The van der Waals surface area contributed by atoms with Gasteiger partial charge in [0.1, 0.15) is 0 Å². The van der Waals surface area contributed by atoms with Crippen LogP contribution in [0.2, 0.25) is 0 Å². The van der Waals surface area contributed by atoms with Crippen LogP contribution in [0.15, 0.2) is 15.8 Å². The number of rotatable bonds is 4. The van der Waals surface area contributed by atoms with Crippen molar-refractivity contribution < 1.29 is 4.79 Å². The zero-order valence-electron chi connectivity index (χ0n) is 11.3. The summed E-state index contributed by atoms with van der Waals surface area (Å²) in [5.41, 5.74) is -0.874. The summed E-state index contributed by atoms with van der Waals surface area (Å²) in [4.78, 5) is 39.9. The summed E-state index contributed by atoms with van der Waals surface area (Å²) < 4.78 is 1.15. The van der Waals surface area contributed by atoms with Gasteiger partial charge in [-0.25, -0.2) is 4.79 Å². The third-order valence-corrected chi connectivity index (χ3v) is 3.70. The molecule has 6 nitrogen and oxygen atoms in total. The van der Waals surface area contributed by atoms with Gasteiger partial charge in [0, 0.05) is 19.3 Å². The molecule has 1 aliphatic heterocycles. The Morgan fingerprint density at radius 1 is 1.47 bits per heavy atom. The normalized spacial score (nSPS) is 19.8. The van der Waals surface area contributed by atoms with E-state index in [-0.39, 0.29) is 11.3 Å². The average molecular weight is 265 g/mol. The topological polar surface area (TPSA) is 75.2 Å². The van der Waals surface area contributed by atoms with Gasteiger partial charge in [-0.3, -0.25) is 14.2 Å². The van der Waals surface area contributed by atoms with Gasteiger partial charge in [0.2, 0.25) is 0 Å².